The molecule has 17 heavy (non-hydrogen) atoms. The van der Waals surface area contributed by atoms with Crippen LogP contribution in [0.15, 0.2) is 48.5 Å². The number of hydrogen-bond donors (Lipinski definition) is 1. The van der Waals surface area contributed by atoms with Crippen LogP contribution in [0, 0.1) is 0 Å². The van der Waals surface area contributed by atoms with Crippen molar-refractivity contribution in [3.05, 3.63) is 64.7 Å². The van der Waals surface area contributed by atoms with Gasteiger partial charge in [0.2, 0.25) is 0 Å². The predicted octanol–water partition coefficient (Wildman–Crippen LogP) is 3.43. The molecule has 3 heteroatoms. The van der Waals surface area contributed by atoms with Gasteiger partial charge in [-0.2, -0.15) is 0 Å². The summed E-state index contributed by atoms with van der Waals surface area (Å²) < 4.78 is 5.07. The summed E-state index contributed by atoms with van der Waals surface area (Å²) in [4.78, 5) is 0. The molecule has 0 aliphatic carbocycles. The fourth-order valence-electron chi connectivity index (χ4n) is 1.62. The molecule has 0 fully saturated rings. The van der Waals surface area contributed by atoms with E-state index in [0.29, 0.717) is 5.02 Å². The molecule has 0 amide bonds. The lowest BCUT2D eigenvalue weighted by Gasteiger charge is -2.12. The fraction of sp³-hybridized carbons (Fsp3) is 0.143. The smallest absolute Gasteiger partial charge is 0.118 e. The Labute approximate surface area is 105 Å². The number of hydrogen-bond acceptors (Lipinski definition) is 2. The first kappa shape index (κ1) is 12.0. The minimum atomic E-state index is -0.641. The van der Waals surface area contributed by atoms with E-state index in [2.05, 4.69) is 0 Å². The van der Waals surface area contributed by atoms with Crippen LogP contribution in [0.2, 0.25) is 5.02 Å². The van der Waals surface area contributed by atoms with Crippen molar-refractivity contribution in [3.8, 4) is 5.75 Å². The highest BCUT2D eigenvalue weighted by atomic mass is 35.5. The molecule has 0 radical (unpaired) electrons. The molecule has 0 aliphatic rings. The maximum absolute atomic E-state index is 10.2. The maximum atomic E-state index is 10.2. The molecule has 0 bridgehead atoms. The quantitative estimate of drug-likeness (QED) is 0.902. The van der Waals surface area contributed by atoms with Gasteiger partial charge in [-0.05, 0) is 35.4 Å². The van der Waals surface area contributed by atoms with Crippen molar-refractivity contribution >= 4 is 11.6 Å². The summed E-state index contributed by atoms with van der Waals surface area (Å²) in [5.41, 5.74) is 1.65. The Morgan fingerprint density at radius 3 is 1.88 bits per heavy atom. The molecule has 0 unspecified atom stereocenters. The van der Waals surface area contributed by atoms with Crippen molar-refractivity contribution < 1.29 is 9.84 Å². The number of benzene rings is 2. The van der Waals surface area contributed by atoms with Gasteiger partial charge in [-0.15, -0.1) is 0 Å². The molecule has 1 N–H and O–H groups in total. The Morgan fingerprint density at radius 2 is 1.41 bits per heavy atom. The zero-order chi connectivity index (χ0) is 12.3. The lowest BCUT2D eigenvalue weighted by Crippen LogP contribution is -1.99. The summed E-state index contributed by atoms with van der Waals surface area (Å²) in [5, 5.41) is 10.8. The first-order valence-corrected chi connectivity index (χ1v) is 5.66. The molecule has 88 valence electrons. The second-order valence-corrected chi connectivity index (χ2v) is 4.16. The van der Waals surface area contributed by atoms with Gasteiger partial charge in [0.1, 0.15) is 11.9 Å². The molecule has 2 aromatic carbocycles. The van der Waals surface area contributed by atoms with Gasteiger partial charge in [0.05, 0.1) is 7.11 Å². The Hall–Kier alpha value is -1.51. The summed E-state index contributed by atoms with van der Waals surface area (Å²) in [6.07, 6.45) is -0.641. The normalized spacial score (nSPS) is 12.2. The Bertz CT molecular complexity index is 477. The highest BCUT2D eigenvalue weighted by molar-refractivity contribution is 6.30. The lowest BCUT2D eigenvalue weighted by atomic mass is 10.0. The van der Waals surface area contributed by atoms with E-state index in [-0.39, 0.29) is 0 Å². The number of halogens is 1. The summed E-state index contributed by atoms with van der Waals surface area (Å²) in [5.74, 6) is 0.775. The van der Waals surface area contributed by atoms with Crippen molar-refractivity contribution in [1.82, 2.24) is 0 Å². The molecule has 0 saturated heterocycles. The van der Waals surface area contributed by atoms with Gasteiger partial charge in [-0.3, -0.25) is 0 Å². The van der Waals surface area contributed by atoms with E-state index >= 15 is 0 Å². The zero-order valence-corrected chi connectivity index (χ0v) is 10.2. The zero-order valence-electron chi connectivity index (χ0n) is 9.43. The van der Waals surface area contributed by atoms with Crippen LogP contribution in [0.25, 0.3) is 0 Å². The third-order valence-corrected chi connectivity index (χ3v) is 2.87. The van der Waals surface area contributed by atoms with E-state index in [1.165, 1.54) is 0 Å². The van der Waals surface area contributed by atoms with Crippen LogP contribution in [-0.4, -0.2) is 12.2 Å². The third kappa shape index (κ3) is 2.78. The Kier molecular flexibility index (Phi) is 3.67. The second-order valence-electron chi connectivity index (χ2n) is 3.73. The summed E-state index contributed by atoms with van der Waals surface area (Å²) in [6, 6.07) is 14.5. The predicted molar refractivity (Wildman–Crippen MR) is 68.5 cm³/mol. The van der Waals surface area contributed by atoms with Crippen molar-refractivity contribution in [2.24, 2.45) is 0 Å². The number of rotatable bonds is 3. The van der Waals surface area contributed by atoms with Crippen LogP contribution in [0.1, 0.15) is 17.2 Å². The van der Waals surface area contributed by atoms with Gasteiger partial charge in [0, 0.05) is 5.02 Å². The highest BCUT2D eigenvalue weighted by Crippen LogP contribution is 2.24. The second kappa shape index (κ2) is 5.21. The largest absolute Gasteiger partial charge is 0.497 e. The van der Waals surface area contributed by atoms with Gasteiger partial charge < -0.3 is 9.84 Å². The molecule has 2 rings (SSSR count). The molecule has 1 atom stereocenters. The van der Waals surface area contributed by atoms with E-state index in [0.717, 1.165) is 16.9 Å². The van der Waals surface area contributed by atoms with Crippen LogP contribution in [0.4, 0.5) is 0 Å². The molecule has 0 heterocycles. The molecule has 0 aliphatic heterocycles. The number of methoxy groups -OCH3 is 1. The van der Waals surface area contributed by atoms with Crippen molar-refractivity contribution in [2.75, 3.05) is 7.11 Å². The van der Waals surface area contributed by atoms with E-state index in [9.17, 15) is 5.11 Å². The maximum Gasteiger partial charge on any atom is 0.118 e. The van der Waals surface area contributed by atoms with Crippen molar-refractivity contribution in [3.63, 3.8) is 0 Å². The number of aliphatic hydroxyl groups excluding tert-OH is 1. The van der Waals surface area contributed by atoms with Crippen molar-refractivity contribution in [1.29, 1.82) is 0 Å². The molecule has 0 aromatic heterocycles. The van der Waals surface area contributed by atoms with E-state index in [1.54, 1.807) is 19.2 Å². The summed E-state index contributed by atoms with van der Waals surface area (Å²) in [7, 11) is 1.62. The van der Waals surface area contributed by atoms with Crippen molar-refractivity contribution in [2.45, 2.75) is 6.10 Å². The molecule has 2 aromatic rings. The Morgan fingerprint density at radius 1 is 0.941 bits per heavy atom. The number of aliphatic hydroxyl groups is 1. The average Bonchev–Trinajstić information content (AvgIpc) is 2.39. The van der Waals surface area contributed by atoms with E-state index < -0.39 is 6.10 Å². The average molecular weight is 249 g/mol. The van der Waals surface area contributed by atoms with E-state index in [4.69, 9.17) is 16.3 Å². The minimum Gasteiger partial charge on any atom is -0.497 e. The van der Waals surface area contributed by atoms with Crippen LogP contribution >= 0.6 is 11.6 Å². The van der Waals surface area contributed by atoms with Gasteiger partial charge in [-0.1, -0.05) is 35.9 Å². The molecule has 2 nitrogen and oxygen atoms in total. The number of ether oxygens (including phenoxy) is 1. The van der Waals surface area contributed by atoms with Gasteiger partial charge in [0.25, 0.3) is 0 Å². The fourth-order valence-corrected chi connectivity index (χ4v) is 1.75. The first-order valence-electron chi connectivity index (χ1n) is 5.28. The Balaban J connectivity index is 2.23. The SMILES string of the molecule is COc1ccc([C@H](O)c2ccc(Cl)cc2)cc1. The van der Waals surface area contributed by atoms with E-state index in [1.807, 2.05) is 36.4 Å². The minimum absolute atomic E-state index is 0.641. The van der Waals surface area contributed by atoms with Gasteiger partial charge in [-0.25, -0.2) is 0 Å². The highest BCUT2D eigenvalue weighted by Gasteiger charge is 2.09. The van der Waals surface area contributed by atoms with Gasteiger partial charge >= 0.3 is 0 Å². The van der Waals surface area contributed by atoms with Gasteiger partial charge in [0.15, 0.2) is 0 Å². The lowest BCUT2D eigenvalue weighted by molar-refractivity contribution is 0.220. The molecular formula is C14H13ClO2. The molecular weight excluding hydrogens is 236 g/mol. The van der Waals surface area contributed by atoms with Crippen LogP contribution in [-0.2, 0) is 0 Å². The topological polar surface area (TPSA) is 29.5 Å². The van der Waals surface area contributed by atoms with Crippen LogP contribution in [0.5, 0.6) is 5.75 Å². The standard InChI is InChI=1S/C14H13ClO2/c1-17-13-8-4-11(5-9-13)14(16)10-2-6-12(15)7-3-10/h2-9,14,16H,1H3/t14-/m1/s1. The van der Waals surface area contributed by atoms with Crippen LogP contribution < -0.4 is 4.74 Å². The summed E-state index contributed by atoms with van der Waals surface area (Å²) >= 11 is 5.80. The molecule has 0 saturated carbocycles. The summed E-state index contributed by atoms with van der Waals surface area (Å²) in [6.45, 7) is 0. The van der Waals surface area contributed by atoms with Crippen LogP contribution in [0.3, 0.4) is 0 Å². The first-order chi connectivity index (χ1) is 8.20. The molecule has 0 spiro atoms. The third-order valence-electron chi connectivity index (χ3n) is 2.62. The monoisotopic (exact) mass is 248 g/mol.